The van der Waals surface area contributed by atoms with Crippen LogP contribution >= 0.6 is 15.9 Å². The fourth-order valence-corrected chi connectivity index (χ4v) is 2.48. The van der Waals surface area contributed by atoms with Crippen molar-refractivity contribution < 1.29 is 28.6 Å². The van der Waals surface area contributed by atoms with Crippen LogP contribution in [0.3, 0.4) is 0 Å². The summed E-state index contributed by atoms with van der Waals surface area (Å²) in [7, 11) is 0. The van der Waals surface area contributed by atoms with Crippen molar-refractivity contribution in [1.82, 2.24) is 5.32 Å². The second-order valence-electron chi connectivity index (χ2n) is 8.21. The number of ether oxygens (including phenoxy) is 3. The molecule has 1 amide bonds. The summed E-state index contributed by atoms with van der Waals surface area (Å²) in [6, 6.07) is 5.88. The molecule has 1 rings (SSSR count). The third-order valence-corrected chi connectivity index (χ3v) is 3.72. The molecule has 0 aliphatic rings. The normalized spacial score (nSPS) is 12.7. The minimum atomic E-state index is -0.792. The first-order valence-electron chi connectivity index (χ1n) is 8.87. The molecule has 8 heteroatoms. The largest absolute Gasteiger partial charge is 0.514 e. The zero-order valence-electron chi connectivity index (χ0n) is 17.1. The van der Waals surface area contributed by atoms with Crippen molar-refractivity contribution in [2.45, 2.75) is 65.2 Å². The highest BCUT2D eigenvalue weighted by Crippen LogP contribution is 2.17. The van der Waals surface area contributed by atoms with Crippen molar-refractivity contribution >= 4 is 34.0 Å². The molecule has 0 aromatic heterocycles. The second-order valence-corrected chi connectivity index (χ2v) is 8.77. The van der Waals surface area contributed by atoms with Crippen molar-refractivity contribution in [3.8, 4) is 5.75 Å². The molecule has 0 aliphatic heterocycles. The molecular formula is C20H28BrNO6. The summed E-state index contributed by atoms with van der Waals surface area (Å²) in [5.41, 5.74) is -0.521. The van der Waals surface area contributed by atoms with Crippen molar-refractivity contribution in [3.05, 3.63) is 29.8 Å². The van der Waals surface area contributed by atoms with E-state index >= 15 is 0 Å². The summed E-state index contributed by atoms with van der Waals surface area (Å²) < 4.78 is 15.4. The van der Waals surface area contributed by atoms with Gasteiger partial charge in [0.1, 0.15) is 17.0 Å². The van der Waals surface area contributed by atoms with Crippen LogP contribution in [0.1, 0.15) is 47.1 Å². The molecule has 0 spiro atoms. The average molecular weight is 458 g/mol. The number of alkyl halides is 1. The second kappa shape index (κ2) is 9.91. The Morgan fingerprint density at radius 2 is 1.50 bits per heavy atom. The Bertz CT molecular complexity index is 688. The molecule has 0 unspecified atom stereocenters. The number of carbonyl (C=O) groups is 3. The SMILES string of the molecule is CC(C)(C)OC(=O)N[C@@H](Cc1ccc(OC(=O)OC(C)(C)C)cc1)C(=O)CBr. The van der Waals surface area contributed by atoms with E-state index < -0.39 is 29.5 Å². The van der Waals surface area contributed by atoms with Gasteiger partial charge in [-0.3, -0.25) is 4.79 Å². The average Bonchev–Trinajstić information content (AvgIpc) is 2.51. The third kappa shape index (κ3) is 9.73. The van der Waals surface area contributed by atoms with Gasteiger partial charge >= 0.3 is 12.2 Å². The number of hydrogen-bond acceptors (Lipinski definition) is 6. The molecular weight excluding hydrogens is 430 g/mol. The van der Waals surface area contributed by atoms with Gasteiger partial charge in [-0.1, -0.05) is 28.1 Å². The number of amides is 1. The molecule has 1 aromatic rings. The first-order valence-corrected chi connectivity index (χ1v) is 9.99. The number of carbonyl (C=O) groups excluding carboxylic acids is 3. The Morgan fingerprint density at radius 1 is 0.964 bits per heavy atom. The molecule has 7 nitrogen and oxygen atoms in total. The quantitative estimate of drug-likeness (QED) is 0.386. The Kier molecular flexibility index (Phi) is 8.48. The molecule has 28 heavy (non-hydrogen) atoms. The van der Waals surface area contributed by atoms with E-state index in [0.717, 1.165) is 5.56 Å². The number of Topliss-reactive ketones (excluding diaryl/α,β-unsaturated/α-hetero) is 1. The van der Waals surface area contributed by atoms with Gasteiger partial charge in [0.05, 0.1) is 11.4 Å². The van der Waals surface area contributed by atoms with Crippen LogP contribution < -0.4 is 10.1 Å². The lowest BCUT2D eigenvalue weighted by Crippen LogP contribution is -2.45. The summed E-state index contributed by atoms with van der Waals surface area (Å²) in [6.07, 6.45) is -1.17. The van der Waals surface area contributed by atoms with E-state index in [0.29, 0.717) is 5.75 Å². The molecule has 1 N–H and O–H groups in total. The van der Waals surface area contributed by atoms with E-state index in [1.807, 2.05) is 0 Å². The molecule has 0 bridgehead atoms. The zero-order chi connectivity index (χ0) is 21.5. The number of alkyl carbamates (subject to hydrolysis) is 1. The minimum absolute atomic E-state index is 0.104. The maximum Gasteiger partial charge on any atom is 0.514 e. The number of hydrogen-bond donors (Lipinski definition) is 1. The lowest BCUT2D eigenvalue weighted by molar-refractivity contribution is -0.118. The van der Waals surface area contributed by atoms with Crippen LogP contribution in [-0.2, 0) is 20.7 Å². The van der Waals surface area contributed by atoms with Crippen molar-refractivity contribution in [2.24, 2.45) is 0 Å². The molecule has 1 aromatic carbocycles. The Hall–Kier alpha value is -2.09. The van der Waals surface area contributed by atoms with E-state index in [9.17, 15) is 14.4 Å². The van der Waals surface area contributed by atoms with Crippen LogP contribution in [0.4, 0.5) is 9.59 Å². The van der Waals surface area contributed by atoms with Crippen LogP contribution in [0.5, 0.6) is 5.75 Å². The highest BCUT2D eigenvalue weighted by Gasteiger charge is 2.24. The van der Waals surface area contributed by atoms with Gasteiger partial charge in [-0.05, 0) is 65.7 Å². The summed E-state index contributed by atoms with van der Waals surface area (Å²) in [5.74, 6) is 0.140. The Labute approximate surface area is 174 Å². The highest BCUT2D eigenvalue weighted by atomic mass is 79.9. The molecule has 0 saturated carbocycles. The van der Waals surface area contributed by atoms with Gasteiger partial charge in [0.15, 0.2) is 5.78 Å². The molecule has 0 fully saturated rings. The molecule has 0 radical (unpaired) electrons. The van der Waals surface area contributed by atoms with E-state index in [4.69, 9.17) is 14.2 Å². The first-order chi connectivity index (χ1) is 12.8. The fraction of sp³-hybridized carbons (Fsp3) is 0.550. The third-order valence-electron chi connectivity index (χ3n) is 3.17. The molecule has 156 valence electrons. The predicted molar refractivity (Wildman–Crippen MR) is 109 cm³/mol. The fourth-order valence-electron chi connectivity index (χ4n) is 2.08. The standard InChI is InChI=1S/C20H28BrNO6/c1-19(2,3)27-17(24)22-15(16(23)12-21)11-13-7-9-14(10-8-13)26-18(25)28-20(4,5)6/h7-10,15H,11-12H2,1-6H3,(H,22,24)/t15-/m0/s1. The van der Waals surface area contributed by atoms with Gasteiger partial charge in [0, 0.05) is 0 Å². The number of halogens is 1. The van der Waals surface area contributed by atoms with Gasteiger partial charge in [-0.25, -0.2) is 9.59 Å². The van der Waals surface area contributed by atoms with Gasteiger partial charge in [-0.2, -0.15) is 0 Å². The predicted octanol–water partition coefficient (Wildman–Crippen LogP) is 4.40. The topological polar surface area (TPSA) is 90.9 Å². The molecule has 0 saturated heterocycles. The molecule has 0 heterocycles. The van der Waals surface area contributed by atoms with Gasteiger partial charge in [0.2, 0.25) is 0 Å². The highest BCUT2D eigenvalue weighted by molar-refractivity contribution is 9.09. The lowest BCUT2D eigenvalue weighted by atomic mass is 10.0. The number of rotatable bonds is 6. The van der Waals surface area contributed by atoms with Crippen LogP contribution in [0.2, 0.25) is 0 Å². The van der Waals surface area contributed by atoms with Crippen molar-refractivity contribution in [2.75, 3.05) is 5.33 Å². The summed E-state index contributed by atoms with van der Waals surface area (Å²) >= 11 is 3.13. The van der Waals surface area contributed by atoms with Crippen LogP contribution in [0, 0.1) is 0 Å². The van der Waals surface area contributed by atoms with Crippen molar-refractivity contribution in [3.63, 3.8) is 0 Å². The summed E-state index contributed by atoms with van der Waals surface area (Å²) in [4.78, 5) is 35.9. The number of nitrogens with one attached hydrogen (secondary N) is 1. The van der Waals surface area contributed by atoms with E-state index in [2.05, 4.69) is 21.2 Å². The van der Waals surface area contributed by atoms with Crippen LogP contribution in [0.15, 0.2) is 24.3 Å². The van der Waals surface area contributed by atoms with E-state index in [-0.39, 0.29) is 17.5 Å². The van der Waals surface area contributed by atoms with Gasteiger partial charge < -0.3 is 19.5 Å². The lowest BCUT2D eigenvalue weighted by Gasteiger charge is -2.23. The van der Waals surface area contributed by atoms with E-state index in [1.54, 1.807) is 65.8 Å². The first kappa shape index (κ1) is 23.9. The van der Waals surface area contributed by atoms with Crippen LogP contribution in [-0.4, -0.2) is 40.6 Å². The number of benzene rings is 1. The maximum atomic E-state index is 12.2. The Morgan fingerprint density at radius 3 is 1.96 bits per heavy atom. The van der Waals surface area contributed by atoms with Crippen LogP contribution in [0.25, 0.3) is 0 Å². The molecule has 0 aliphatic carbocycles. The maximum absolute atomic E-state index is 12.2. The van der Waals surface area contributed by atoms with E-state index in [1.165, 1.54) is 0 Å². The minimum Gasteiger partial charge on any atom is -0.444 e. The zero-order valence-corrected chi connectivity index (χ0v) is 18.7. The number of ketones is 1. The smallest absolute Gasteiger partial charge is 0.444 e. The molecule has 1 atom stereocenters. The monoisotopic (exact) mass is 457 g/mol. The van der Waals surface area contributed by atoms with Crippen molar-refractivity contribution in [1.29, 1.82) is 0 Å². The Balaban J connectivity index is 2.75. The summed E-state index contributed by atoms with van der Waals surface area (Å²) in [5, 5.41) is 2.70. The van der Waals surface area contributed by atoms with Gasteiger partial charge in [-0.15, -0.1) is 0 Å². The van der Waals surface area contributed by atoms with Gasteiger partial charge in [0.25, 0.3) is 0 Å². The summed E-state index contributed by atoms with van der Waals surface area (Å²) in [6.45, 7) is 10.5.